The summed E-state index contributed by atoms with van der Waals surface area (Å²) in [4.78, 5) is 23.9. The second-order valence-corrected chi connectivity index (χ2v) is 9.85. The van der Waals surface area contributed by atoms with Gasteiger partial charge in [-0.25, -0.2) is 8.78 Å². The Bertz CT molecular complexity index is 840. The first-order valence-electron chi connectivity index (χ1n) is 11.7. The number of alkyl halides is 2. The van der Waals surface area contributed by atoms with Crippen LogP contribution < -0.4 is 0 Å². The first-order valence-corrected chi connectivity index (χ1v) is 11.7. The van der Waals surface area contributed by atoms with E-state index in [2.05, 4.69) is 11.8 Å². The molecule has 0 unspecified atom stereocenters. The predicted octanol–water partition coefficient (Wildman–Crippen LogP) is 4.24. The molecule has 0 radical (unpaired) electrons. The van der Waals surface area contributed by atoms with Gasteiger partial charge >= 0.3 is 11.9 Å². The van der Waals surface area contributed by atoms with Crippen molar-refractivity contribution in [3.05, 3.63) is 11.6 Å². The average Bonchev–Trinajstić information content (AvgIpc) is 3.11. The van der Waals surface area contributed by atoms with E-state index >= 15 is 8.78 Å². The van der Waals surface area contributed by atoms with Crippen molar-refractivity contribution in [2.45, 2.75) is 77.4 Å². The van der Waals surface area contributed by atoms with Gasteiger partial charge in [0.15, 0.2) is 0 Å². The lowest BCUT2D eigenvalue weighted by atomic mass is 9.50. The first-order chi connectivity index (χ1) is 15.2. The Morgan fingerprint density at radius 3 is 2.53 bits per heavy atom. The summed E-state index contributed by atoms with van der Waals surface area (Å²) in [5.41, 5.74) is -0.518. The Morgan fingerprint density at radius 2 is 1.88 bits per heavy atom. The van der Waals surface area contributed by atoms with E-state index in [1.165, 1.54) is 13.8 Å². The number of carbonyl (C=O) groups is 2. The lowest BCUT2D eigenvalue weighted by Gasteiger charge is -2.56. The summed E-state index contributed by atoms with van der Waals surface area (Å²) in [5.74, 6) is 1.07. The minimum Gasteiger partial charge on any atom is -0.425 e. The molecule has 4 aliphatic rings. The zero-order valence-electron chi connectivity index (χ0n) is 18.7. The molecule has 0 aromatic heterocycles. The second kappa shape index (κ2) is 8.78. The molecule has 0 heterocycles. The van der Waals surface area contributed by atoms with E-state index in [1.54, 1.807) is 6.08 Å². The Morgan fingerprint density at radius 1 is 1.16 bits per heavy atom. The van der Waals surface area contributed by atoms with Gasteiger partial charge in [0.1, 0.15) is 6.61 Å². The highest BCUT2D eigenvalue weighted by Gasteiger charge is 2.66. The van der Waals surface area contributed by atoms with Crippen LogP contribution in [0, 0.1) is 46.8 Å². The van der Waals surface area contributed by atoms with E-state index in [-0.39, 0.29) is 42.6 Å². The third kappa shape index (κ3) is 3.85. The molecule has 0 bridgehead atoms. The number of ether oxygens (including phenoxy) is 2. The SMILES string of the molecule is CC(=O)OC(OC(C)=O)[C@]12CC[C@H]3[C@@H](CC(F)(F)C4=CCCC[C@@H]43)[C@@H]1CC[C@H]2C#CCO. The van der Waals surface area contributed by atoms with Gasteiger partial charge in [-0.3, -0.25) is 9.59 Å². The van der Waals surface area contributed by atoms with Crippen LogP contribution in [0.1, 0.15) is 65.2 Å². The highest BCUT2D eigenvalue weighted by molar-refractivity contribution is 5.68. The maximum Gasteiger partial charge on any atom is 0.305 e. The van der Waals surface area contributed by atoms with E-state index in [0.29, 0.717) is 37.7 Å². The zero-order chi connectivity index (χ0) is 23.1. The molecule has 176 valence electrons. The van der Waals surface area contributed by atoms with Crippen molar-refractivity contribution in [2.24, 2.45) is 35.0 Å². The number of rotatable bonds is 3. The molecule has 6 atom stereocenters. The third-order valence-corrected chi connectivity index (χ3v) is 8.34. The van der Waals surface area contributed by atoms with Crippen LogP contribution in [0.2, 0.25) is 0 Å². The Hall–Kier alpha value is -1.94. The maximum absolute atomic E-state index is 15.3. The minimum atomic E-state index is -2.84. The van der Waals surface area contributed by atoms with Gasteiger partial charge in [0.2, 0.25) is 0 Å². The van der Waals surface area contributed by atoms with Gasteiger partial charge in [0.05, 0.1) is 5.41 Å². The second-order valence-electron chi connectivity index (χ2n) is 9.85. The van der Waals surface area contributed by atoms with Crippen LogP contribution in [-0.4, -0.2) is 35.9 Å². The van der Waals surface area contributed by atoms with Crippen LogP contribution in [-0.2, 0) is 19.1 Å². The molecule has 5 nitrogen and oxygen atoms in total. The quantitative estimate of drug-likeness (QED) is 0.301. The van der Waals surface area contributed by atoms with Crippen LogP contribution in [0.5, 0.6) is 0 Å². The van der Waals surface area contributed by atoms with Gasteiger partial charge < -0.3 is 14.6 Å². The molecular formula is C25H32F2O5. The van der Waals surface area contributed by atoms with Crippen LogP contribution in [0.3, 0.4) is 0 Å². The van der Waals surface area contributed by atoms with Crippen molar-refractivity contribution >= 4 is 11.9 Å². The maximum atomic E-state index is 15.3. The van der Waals surface area contributed by atoms with Crippen molar-refractivity contribution in [2.75, 3.05) is 6.61 Å². The molecule has 0 saturated heterocycles. The van der Waals surface area contributed by atoms with Gasteiger partial charge in [0.25, 0.3) is 12.2 Å². The summed E-state index contributed by atoms with van der Waals surface area (Å²) in [5, 5.41) is 9.27. The standard InChI is InChI=1S/C25H32F2O5/c1-15(29)31-23(32-16(2)30)24-12-11-18-19-7-3-4-8-22(19)25(26,27)14-20(18)21(24)10-9-17(24)6-5-13-28/h8,17-21,23,28H,3-4,7,9-14H2,1-2H3/t17-,18-,19-,20-,21+,24+/m1/s1. The summed E-state index contributed by atoms with van der Waals surface area (Å²) in [6.07, 6.45) is 5.39. The molecule has 0 aromatic carbocycles. The molecule has 0 spiro atoms. The van der Waals surface area contributed by atoms with Crippen LogP contribution in [0.15, 0.2) is 11.6 Å². The molecule has 0 aliphatic heterocycles. The number of esters is 2. The average molecular weight is 451 g/mol. The number of hydrogen-bond acceptors (Lipinski definition) is 5. The van der Waals surface area contributed by atoms with E-state index in [1.807, 2.05) is 0 Å². The molecule has 4 aliphatic carbocycles. The minimum absolute atomic E-state index is 0.112. The summed E-state index contributed by atoms with van der Waals surface area (Å²) in [7, 11) is 0. The van der Waals surface area contributed by atoms with E-state index in [9.17, 15) is 14.7 Å². The van der Waals surface area contributed by atoms with Crippen molar-refractivity contribution in [3.63, 3.8) is 0 Å². The van der Waals surface area contributed by atoms with Crippen LogP contribution >= 0.6 is 0 Å². The van der Waals surface area contributed by atoms with E-state index in [4.69, 9.17) is 9.47 Å². The fraction of sp³-hybridized carbons (Fsp3) is 0.760. The molecule has 0 amide bonds. The van der Waals surface area contributed by atoms with Gasteiger partial charge in [-0.05, 0) is 74.2 Å². The summed E-state index contributed by atoms with van der Waals surface area (Å²) >= 11 is 0. The number of carbonyl (C=O) groups excluding carboxylic acids is 2. The predicted molar refractivity (Wildman–Crippen MR) is 112 cm³/mol. The molecular weight excluding hydrogens is 418 g/mol. The van der Waals surface area contributed by atoms with E-state index < -0.39 is 29.6 Å². The molecule has 0 aromatic rings. The lowest BCUT2D eigenvalue weighted by Crippen LogP contribution is -2.57. The normalized spacial score (nSPS) is 37.2. The summed E-state index contributed by atoms with van der Waals surface area (Å²) in [6, 6.07) is 0. The third-order valence-electron chi connectivity index (χ3n) is 8.34. The van der Waals surface area contributed by atoms with Crippen molar-refractivity contribution < 1.29 is 33.0 Å². The molecule has 7 heteroatoms. The van der Waals surface area contributed by atoms with E-state index in [0.717, 1.165) is 12.8 Å². The van der Waals surface area contributed by atoms with Crippen molar-refractivity contribution in [1.82, 2.24) is 0 Å². The van der Waals surface area contributed by atoms with Gasteiger partial charge in [0, 0.05) is 26.2 Å². The Kier molecular flexibility index (Phi) is 6.37. The number of aliphatic hydroxyl groups excluding tert-OH is 1. The zero-order valence-corrected chi connectivity index (χ0v) is 18.7. The van der Waals surface area contributed by atoms with Crippen molar-refractivity contribution in [3.8, 4) is 11.8 Å². The molecule has 4 rings (SSSR count). The number of fused-ring (bicyclic) bond motifs is 5. The topological polar surface area (TPSA) is 72.8 Å². The van der Waals surface area contributed by atoms with Gasteiger partial charge in [-0.15, -0.1) is 0 Å². The highest BCUT2D eigenvalue weighted by Crippen LogP contribution is 2.67. The molecule has 3 saturated carbocycles. The van der Waals surface area contributed by atoms with Crippen LogP contribution in [0.4, 0.5) is 8.78 Å². The first kappa shape index (κ1) is 23.2. The highest BCUT2D eigenvalue weighted by atomic mass is 19.3. The monoisotopic (exact) mass is 450 g/mol. The summed E-state index contributed by atoms with van der Waals surface area (Å²) in [6.45, 7) is 2.19. The molecule has 1 N–H and O–H groups in total. The number of allylic oxidation sites excluding steroid dienone is 2. The molecule has 3 fully saturated rings. The fourth-order valence-corrected chi connectivity index (χ4v) is 7.40. The Balaban J connectivity index is 1.77. The molecule has 32 heavy (non-hydrogen) atoms. The fourth-order valence-electron chi connectivity index (χ4n) is 7.40. The Labute approximate surface area is 187 Å². The largest absolute Gasteiger partial charge is 0.425 e. The smallest absolute Gasteiger partial charge is 0.305 e. The van der Waals surface area contributed by atoms with Gasteiger partial charge in [-0.2, -0.15) is 0 Å². The number of aliphatic hydroxyl groups is 1. The van der Waals surface area contributed by atoms with Crippen LogP contribution in [0.25, 0.3) is 0 Å². The number of halogens is 2. The summed E-state index contributed by atoms with van der Waals surface area (Å²) < 4.78 is 41.7. The van der Waals surface area contributed by atoms with Crippen molar-refractivity contribution in [1.29, 1.82) is 0 Å². The number of hydrogen-bond donors (Lipinski definition) is 1. The van der Waals surface area contributed by atoms with Gasteiger partial charge in [-0.1, -0.05) is 17.9 Å². The lowest BCUT2D eigenvalue weighted by molar-refractivity contribution is -0.238.